The zero-order valence-electron chi connectivity index (χ0n) is 14.2. The van der Waals surface area contributed by atoms with Crippen LogP contribution in [0.25, 0.3) is 11.3 Å². The van der Waals surface area contributed by atoms with Gasteiger partial charge in [0, 0.05) is 23.2 Å². The van der Waals surface area contributed by atoms with E-state index in [9.17, 15) is 13.2 Å². The molecule has 1 fully saturated rings. The third-order valence-electron chi connectivity index (χ3n) is 4.23. The second-order valence-corrected chi connectivity index (χ2v) is 9.20. The van der Waals surface area contributed by atoms with Crippen LogP contribution in [-0.2, 0) is 14.8 Å². The van der Waals surface area contributed by atoms with Crippen molar-refractivity contribution in [3.63, 3.8) is 0 Å². The monoisotopic (exact) mass is 379 g/mol. The molecule has 1 aromatic carbocycles. The minimum Gasteiger partial charge on any atom is -0.325 e. The Hall–Kier alpha value is -1.77. The first-order chi connectivity index (χ1) is 11.8. The van der Waals surface area contributed by atoms with Crippen LogP contribution < -0.4 is 5.32 Å². The number of piperidine rings is 1. The molecule has 1 saturated heterocycles. The topological polar surface area (TPSA) is 79.4 Å². The highest BCUT2D eigenvalue weighted by molar-refractivity contribution is 7.88. The molecule has 0 aliphatic carbocycles. The molecule has 0 radical (unpaired) electrons. The van der Waals surface area contributed by atoms with Gasteiger partial charge in [0.1, 0.15) is 6.04 Å². The van der Waals surface area contributed by atoms with Gasteiger partial charge in [0.15, 0.2) is 0 Å². The minimum absolute atomic E-state index is 0.281. The predicted octanol–water partition coefficient (Wildman–Crippen LogP) is 2.87. The van der Waals surface area contributed by atoms with E-state index in [-0.39, 0.29) is 5.91 Å². The summed E-state index contributed by atoms with van der Waals surface area (Å²) in [7, 11) is -3.40. The van der Waals surface area contributed by atoms with Crippen molar-refractivity contribution in [3.05, 3.63) is 34.7 Å². The van der Waals surface area contributed by atoms with Gasteiger partial charge < -0.3 is 5.32 Å². The van der Waals surface area contributed by atoms with Crippen LogP contribution in [0.1, 0.15) is 24.3 Å². The first-order valence-corrected chi connectivity index (χ1v) is 10.9. The van der Waals surface area contributed by atoms with E-state index in [4.69, 9.17) is 0 Å². The first kappa shape index (κ1) is 18.0. The van der Waals surface area contributed by atoms with E-state index in [0.29, 0.717) is 18.7 Å². The van der Waals surface area contributed by atoms with Gasteiger partial charge in [-0.05, 0) is 31.9 Å². The van der Waals surface area contributed by atoms with E-state index < -0.39 is 16.1 Å². The highest BCUT2D eigenvalue weighted by atomic mass is 32.2. The molecule has 2 aromatic rings. The average molecular weight is 380 g/mol. The summed E-state index contributed by atoms with van der Waals surface area (Å²) in [6.45, 7) is 2.34. The van der Waals surface area contributed by atoms with Crippen molar-refractivity contribution in [2.24, 2.45) is 0 Å². The Kier molecular flexibility index (Phi) is 5.21. The molecule has 0 spiro atoms. The number of nitrogens with one attached hydrogen (secondary N) is 1. The predicted molar refractivity (Wildman–Crippen MR) is 100 cm³/mol. The third-order valence-corrected chi connectivity index (χ3v) is 6.29. The zero-order chi connectivity index (χ0) is 18.0. The normalized spacial score (nSPS) is 18.9. The SMILES string of the molecule is Cc1nc(-c2cccc(NC(=O)C3CCCCN3S(C)(=O)=O)c2)cs1. The fourth-order valence-corrected chi connectivity index (χ4v) is 4.79. The van der Waals surface area contributed by atoms with Crippen LogP contribution in [0.2, 0.25) is 0 Å². The fourth-order valence-electron chi connectivity index (χ4n) is 3.04. The molecule has 134 valence electrons. The van der Waals surface area contributed by atoms with E-state index in [1.807, 2.05) is 30.5 Å². The number of anilines is 1. The summed E-state index contributed by atoms with van der Waals surface area (Å²) in [6.07, 6.45) is 3.34. The van der Waals surface area contributed by atoms with Crippen molar-refractivity contribution in [3.8, 4) is 11.3 Å². The van der Waals surface area contributed by atoms with Crippen LogP contribution in [0, 0.1) is 6.92 Å². The molecule has 6 nitrogen and oxygen atoms in total. The molecule has 2 heterocycles. The molecule has 1 aromatic heterocycles. The summed E-state index contributed by atoms with van der Waals surface area (Å²) in [4.78, 5) is 17.1. The summed E-state index contributed by atoms with van der Waals surface area (Å²) in [5, 5.41) is 5.82. The average Bonchev–Trinajstić information content (AvgIpc) is 3.01. The maximum absolute atomic E-state index is 12.6. The number of carbonyl (C=O) groups is 1. The van der Waals surface area contributed by atoms with Crippen molar-refractivity contribution in [2.45, 2.75) is 32.2 Å². The van der Waals surface area contributed by atoms with E-state index in [0.717, 1.165) is 35.4 Å². The maximum atomic E-state index is 12.6. The number of amides is 1. The molecule has 1 unspecified atom stereocenters. The summed E-state index contributed by atoms with van der Waals surface area (Å²) >= 11 is 1.57. The van der Waals surface area contributed by atoms with E-state index >= 15 is 0 Å². The molecule has 1 amide bonds. The summed E-state index contributed by atoms with van der Waals surface area (Å²) in [6, 6.07) is 6.81. The van der Waals surface area contributed by atoms with Crippen LogP contribution in [0.15, 0.2) is 29.6 Å². The molecule has 0 bridgehead atoms. The molecule has 3 rings (SSSR count). The molecule has 0 saturated carbocycles. The Labute approximate surface area is 151 Å². The van der Waals surface area contributed by atoms with Gasteiger partial charge in [-0.25, -0.2) is 13.4 Å². The van der Waals surface area contributed by atoms with E-state index in [2.05, 4.69) is 10.3 Å². The first-order valence-electron chi connectivity index (χ1n) is 8.15. The lowest BCUT2D eigenvalue weighted by atomic mass is 10.0. The van der Waals surface area contributed by atoms with Gasteiger partial charge >= 0.3 is 0 Å². The summed E-state index contributed by atoms with van der Waals surface area (Å²) in [5.74, 6) is -0.281. The van der Waals surface area contributed by atoms with Gasteiger partial charge in [-0.15, -0.1) is 11.3 Å². The lowest BCUT2D eigenvalue weighted by molar-refractivity contribution is -0.120. The largest absolute Gasteiger partial charge is 0.325 e. The zero-order valence-corrected chi connectivity index (χ0v) is 15.9. The minimum atomic E-state index is -3.40. The second-order valence-electron chi connectivity index (χ2n) is 6.21. The van der Waals surface area contributed by atoms with Crippen molar-refractivity contribution in [1.82, 2.24) is 9.29 Å². The number of carbonyl (C=O) groups excluding carboxylic acids is 1. The lowest BCUT2D eigenvalue weighted by Gasteiger charge is -2.32. The number of sulfonamides is 1. The van der Waals surface area contributed by atoms with Crippen molar-refractivity contribution in [2.75, 3.05) is 18.1 Å². The van der Waals surface area contributed by atoms with Crippen molar-refractivity contribution in [1.29, 1.82) is 0 Å². The lowest BCUT2D eigenvalue weighted by Crippen LogP contribution is -2.49. The third kappa shape index (κ3) is 4.26. The van der Waals surface area contributed by atoms with Crippen LogP contribution in [0.3, 0.4) is 0 Å². The number of thiazole rings is 1. The highest BCUT2D eigenvalue weighted by Gasteiger charge is 2.34. The molecular weight excluding hydrogens is 358 g/mol. The Balaban J connectivity index is 1.78. The van der Waals surface area contributed by atoms with Crippen molar-refractivity contribution >= 4 is 33.0 Å². The Morgan fingerprint density at radius 2 is 2.16 bits per heavy atom. The van der Waals surface area contributed by atoms with E-state index in [1.165, 1.54) is 4.31 Å². The maximum Gasteiger partial charge on any atom is 0.242 e. The number of hydrogen-bond acceptors (Lipinski definition) is 5. The van der Waals surface area contributed by atoms with Gasteiger partial charge in [-0.1, -0.05) is 18.6 Å². The number of nitrogens with zero attached hydrogens (tertiary/aromatic N) is 2. The Morgan fingerprint density at radius 1 is 1.36 bits per heavy atom. The van der Waals surface area contributed by atoms with Gasteiger partial charge in [0.05, 0.1) is 17.0 Å². The van der Waals surface area contributed by atoms with Gasteiger partial charge in [0.2, 0.25) is 15.9 Å². The number of benzene rings is 1. The number of rotatable bonds is 4. The highest BCUT2D eigenvalue weighted by Crippen LogP contribution is 2.25. The van der Waals surface area contributed by atoms with E-state index in [1.54, 1.807) is 17.4 Å². The Morgan fingerprint density at radius 3 is 2.84 bits per heavy atom. The van der Waals surface area contributed by atoms with Crippen LogP contribution in [0.5, 0.6) is 0 Å². The smallest absolute Gasteiger partial charge is 0.242 e. The number of aryl methyl sites for hydroxylation is 1. The standard InChI is InChI=1S/C17H21N3O3S2/c1-12-18-15(11-24-12)13-6-5-7-14(10-13)19-17(21)16-8-3-4-9-20(16)25(2,22)23/h5-7,10-11,16H,3-4,8-9H2,1-2H3,(H,19,21). The molecule has 1 atom stereocenters. The van der Waals surface area contributed by atoms with Gasteiger partial charge in [-0.2, -0.15) is 4.31 Å². The number of aromatic nitrogens is 1. The molecule has 1 aliphatic rings. The molecule has 1 N–H and O–H groups in total. The van der Waals surface area contributed by atoms with Gasteiger partial charge in [0.25, 0.3) is 0 Å². The molecule has 8 heteroatoms. The summed E-state index contributed by atoms with van der Waals surface area (Å²) < 4.78 is 25.2. The quantitative estimate of drug-likeness (QED) is 0.886. The summed E-state index contributed by atoms with van der Waals surface area (Å²) in [5.41, 5.74) is 2.44. The molecule has 25 heavy (non-hydrogen) atoms. The molecule has 1 aliphatic heterocycles. The fraction of sp³-hybridized carbons (Fsp3) is 0.412. The van der Waals surface area contributed by atoms with Crippen LogP contribution >= 0.6 is 11.3 Å². The molecular formula is C17H21N3O3S2. The number of hydrogen-bond donors (Lipinski definition) is 1. The van der Waals surface area contributed by atoms with Crippen LogP contribution in [0.4, 0.5) is 5.69 Å². The second kappa shape index (κ2) is 7.23. The Bertz CT molecular complexity index is 877. The van der Waals surface area contributed by atoms with Crippen molar-refractivity contribution < 1.29 is 13.2 Å². The van der Waals surface area contributed by atoms with Gasteiger partial charge in [-0.3, -0.25) is 4.79 Å². The van der Waals surface area contributed by atoms with Crippen LogP contribution in [-0.4, -0.2) is 42.5 Å².